The van der Waals surface area contributed by atoms with Gasteiger partial charge in [-0.2, -0.15) is 0 Å². The Kier molecular flexibility index (Phi) is 6.45. The minimum Gasteiger partial charge on any atom is -0.323 e. The molecule has 0 unspecified atom stereocenters. The van der Waals surface area contributed by atoms with Crippen molar-refractivity contribution >= 4 is 22.6 Å². The van der Waals surface area contributed by atoms with Gasteiger partial charge in [0, 0.05) is 37.2 Å². The van der Waals surface area contributed by atoms with E-state index in [0.29, 0.717) is 12.2 Å². The summed E-state index contributed by atoms with van der Waals surface area (Å²) in [6, 6.07) is 21.1. The summed E-state index contributed by atoms with van der Waals surface area (Å²) < 4.78 is 2.33. The molecule has 1 aliphatic heterocycles. The lowest BCUT2D eigenvalue weighted by atomic mass is 9.98. The average molecular weight is 506 g/mol. The fourth-order valence-electron chi connectivity index (χ4n) is 5.43. The lowest BCUT2D eigenvalue weighted by Gasteiger charge is -2.27. The van der Waals surface area contributed by atoms with Crippen LogP contribution in [0.4, 0.5) is 5.69 Å². The van der Waals surface area contributed by atoms with Gasteiger partial charge in [0.05, 0.1) is 11.0 Å². The molecule has 2 aromatic heterocycles. The number of tetrazole rings is 1. The SMILES string of the molecule is CCCc1nc2c(C)cc(N3CCCCC3=O)cc2n1Cc1ccc(-c2ccccc2-c2nnn[nH]2)cc1. The van der Waals surface area contributed by atoms with Gasteiger partial charge in [-0.3, -0.25) is 4.79 Å². The molecule has 5 aromatic rings. The van der Waals surface area contributed by atoms with Crippen LogP contribution in [0.25, 0.3) is 33.5 Å². The van der Waals surface area contributed by atoms with Crippen LogP contribution in [0.1, 0.15) is 49.6 Å². The lowest BCUT2D eigenvalue weighted by Crippen LogP contribution is -2.35. The summed E-state index contributed by atoms with van der Waals surface area (Å²) in [7, 11) is 0. The van der Waals surface area contributed by atoms with Crippen molar-refractivity contribution in [3.63, 3.8) is 0 Å². The largest absolute Gasteiger partial charge is 0.323 e. The third kappa shape index (κ3) is 4.47. The van der Waals surface area contributed by atoms with Crippen LogP contribution in [0, 0.1) is 6.92 Å². The average Bonchev–Trinajstić information content (AvgIpc) is 3.59. The van der Waals surface area contributed by atoms with E-state index >= 15 is 0 Å². The second-order valence-electron chi connectivity index (χ2n) is 9.99. The Labute approximate surface area is 221 Å². The monoisotopic (exact) mass is 505 g/mol. The van der Waals surface area contributed by atoms with Crippen LogP contribution in [0.3, 0.4) is 0 Å². The number of amides is 1. The summed E-state index contributed by atoms with van der Waals surface area (Å²) >= 11 is 0. The number of aromatic amines is 1. The van der Waals surface area contributed by atoms with Gasteiger partial charge >= 0.3 is 0 Å². The normalized spacial score (nSPS) is 13.9. The van der Waals surface area contributed by atoms with Crippen LogP contribution >= 0.6 is 0 Å². The van der Waals surface area contributed by atoms with E-state index < -0.39 is 0 Å². The van der Waals surface area contributed by atoms with Gasteiger partial charge in [0.25, 0.3) is 0 Å². The molecule has 0 radical (unpaired) electrons. The fourth-order valence-corrected chi connectivity index (χ4v) is 5.43. The first-order chi connectivity index (χ1) is 18.6. The van der Waals surface area contributed by atoms with Gasteiger partial charge in [-0.1, -0.05) is 55.5 Å². The summed E-state index contributed by atoms with van der Waals surface area (Å²) in [6.45, 7) is 5.79. The molecule has 0 spiro atoms. The third-order valence-corrected chi connectivity index (χ3v) is 7.35. The molecule has 0 aliphatic carbocycles. The van der Waals surface area contributed by atoms with Crippen LogP contribution in [0.15, 0.2) is 60.7 Å². The second-order valence-corrected chi connectivity index (χ2v) is 9.99. The molecular formula is C30H31N7O. The minimum atomic E-state index is 0.215. The molecule has 1 saturated heterocycles. The van der Waals surface area contributed by atoms with Crippen molar-refractivity contribution in [3.05, 3.63) is 77.6 Å². The Bertz CT molecular complexity index is 1590. The summed E-state index contributed by atoms with van der Waals surface area (Å²) in [6.07, 6.45) is 4.57. The highest BCUT2D eigenvalue weighted by molar-refractivity contribution is 5.96. The highest BCUT2D eigenvalue weighted by Crippen LogP contribution is 2.32. The van der Waals surface area contributed by atoms with E-state index in [2.05, 4.69) is 81.5 Å². The van der Waals surface area contributed by atoms with Crippen molar-refractivity contribution in [2.45, 2.75) is 52.5 Å². The summed E-state index contributed by atoms with van der Waals surface area (Å²) in [5.74, 6) is 1.95. The van der Waals surface area contributed by atoms with Crippen LogP contribution in [0.5, 0.6) is 0 Å². The molecule has 1 N–H and O–H groups in total. The number of hydrogen-bond donors (Lipinski definition) is 1. The zero-order chi connectivity index (χ0) is 26.1. The maximum atomic E-state index is 12.7. The first-order valence-electron chi connectivity index (χ1n) is 13.3. The summed E-state index contributed by atoms with van der Waals surface area (Å²) in [5.41, 5.74) is 8.55. The number of imidazole rings is 1. The van der Waals surface area contributed by atoms with Gasteiger partial charge in [-0.25, -0.2) is 10.1 Å². The first kappa shape index (κ1) is 24.0. The Morgan fingerprint density at radius 3 is 2.55 bits per heavy atom. The van der Waals surface area contributed by atoms with Crippen molar-refractivity contribution in [2.75, 3.05) is 11.4 Å². The molecule has 38 heavy (non-hydrogen) atoms. The Balaban J connectivity index is 1.36. The van der Waals surface area contributed by atoms with Gasteiger partial charge < -0.3 is 9.47 Å². The summed E-state index contributed by atoms with van der Waals surface area (Å²) in [5, 5.41) is 14.4. The topological polar surface area (TPSA) is 92.6 Å². The molecule has 3 aromatic carbocycles. The molecule has 8 heteroatoms. The van der Waals surface area contributed by atoms with E-state index in [0.717, 1.165) is 83.6 Å². The number of piperidine rings is 1. The van der Waals surface area contributed by atoms with Gasteiger partial charge in [-0.15, -0.1) is 5.10 Å². The second kappa shape index (κ2) is 10.2. The molecule has 0 atom stereocenters. The van der Waals surface area contributed by atoms with Gasteiger partial charge in [0.15, 0.2) is 5.82 Å². The molecule has 8 nitrogen and oxygen atoms in total. The number of rotatable bonds is 7. The van der Waals surface area contributed by atoms with Crippen LogP contribution in [0.2, 0.25) is 0 Å². The van der Waals surface area contributed by atoms with Crippen LogP contribution < -0.4 is 4.90 Å². The van der Waals surface area contributed by atoms with Crippen molar-refractivity contribution < 1.29 is 4.79 Å². The summed E-state index contributed by atoms with van der Waals surface area (Å²) in [4.78, 5) is 19.7. The number of carbonyl (C=O) groups excluding carboxylic acids is 1. The van der Waals surface area contributed by atoms with Crippen LogP contribution in [-0.4, -0.2) is 42.6 Å². The molecule has 0 saturated carbocycles. The van der Waals surface area contributed by atoms with Gasteiger partial charge in [0.2, 0.25) is 5.91 Å². The minimum absolute atomic E-state index is 0.215. The molecule has 1 aliphatic rings. The zero-order valence-corrected chi connectivity index (χ0v) is 21.8. The predicted molar refractivity (Wildman–Crippen MR) is 149 cm³/mol. The van der Waals surface area contributed by atoms with Gasteiger partial charge in [-0.05, 0) is 71.0 Å². The fraction of sp³-hybridized carbons (Fsp3) is 0.300. The molecule has 1 amide bonds. The highest BCUT2D eigenvalue weighted by atomic mass is 16.2. The number of aryl methyl sites for hydroxylation is 2. The molecule has 0 bridgehead atoms. The first-order valence-corrected chi connectivity index (χ1v) is 13.3. The predicted octanol–water partition coefficient (Wildman–Crippen LogP) is 5.71. The number of anilines is 1. The number of aromatic nitrogens is 6. The van der Waals surface area contributed by atoms with E-state index in [4.69, 9.17) is 4.98 Å². The van der Waals surface area contributed by atoms with Crippen molar-refractivity contribution in [2.24, 2.45) is 0 Å². The molecule has 192 valence electrons. The number of carbonyl (C=O) groups is 1. The maximum Gasteiger partial charge on any atom is 0.226 e. The van der Waals surface area contributed by atoms with Crippen LogP contribution in [-0.2, 0) is 17.8 Å². The number of H-pyrrole nitrogens is 1. The van der Waals surface area contributed by atoms with Gasteiger partial charge in [0.1, 0.15) is 5.82 Å². The van der Waals surface area contributed by atoms with Crippen molar-refractivity contribution in [1.29, 1.82) is 0 Å². The quantitative estimate of drug-likeness (QED) is 0.306. The van der Waals surface area contributed by atoms with Crippen molar-refractivity contribution in [1.82, 2.24) is 30.2 Å². The number of nitrogens with zero attached hydrogens (tertiary/aromatic N) is 6. The highest BCUT2D eigenvalue weighted by Gasteiger charge is 2.22. The lowest BCUT2D eigenvalue weighted by molar-refractivity contribution is -0.119. The van der Waals surface area contributed by atoms with E-state index in [1.54, 1.807) is 0 Å². The van der Waals surface area contributed by atoms with Crippen molar-refractivity contribution in [3.8, 4) is 22.5 Å². The zero-order valence-electron chi connectivity index (χ0n) is 21.8. The number of fused-ring (bicyclic) bond motifs is 1. The molecule has 3 heterocycles. The molecule has 6 rings (SSSR count). The Hall–Kier alpha value is -4.33. The third-order valence-electron chi connectivity index (χ3n) is 7.35. The Morgan fingerprint density at radius 2 is 1.82 bits per heavy atom. The number of hydrogen-bond acceptors (Lipinski definition) is 5. The van der Waals surface area contributed by atoms with E-state index in [1.165, 1.54) is 5.56 Å². The smallest absolute Gasteiger partial charge is 0.226 e. The van der Waals surface area contributed by atoms with E-state index in [-0.39, 0.29) is 5.91 Å². The number of nitrogens with one attached hydrogen (secondary N) is 1. The molecular weight excluding hydrogens is 474 g/mol. The maximum absolute atomic E-state index is 12.7. The molecule has 1 fully saturated rings. The van der Waals surface area contributed by atoms with E-state index in [9.17, 15) is 4.79 Å². The number of benzene rings is 3. The standard InChI is InChI=1S/C30H31N7O/c1-3-8-27-31-29-20(2)17-23(36-16-7-6-11-28(36)38)18-26(29)37(27)19-21-12-14-22(15-13-21)24-9-4-5-10-25(24)30-32-34-35-33-30/h4-5,9-10,12-15,17-18H,3,6-8,11,16,19H2,1-2H3,(H,32,33,34,35). The Morgan fingerprint density at radius 1 is 1.00 bits per heavy atom. The van der Waals surface area contributed by atoms with E-state index in [1.807, 2.05) is 23.1 Å².